The Labute approximate surface area is 232 Å². The van der Waals surface area contributed by atoms with Crippen molar-refractivity contribution in [2.45, 2.75) is 42.5 Å². The zero-order valence-electron chi connectivity index (χ0n) is 21.8. The predicted octanol–water partition coefficient (Wildman–Crippen LogP) is 6.00. The fourth-order valence-corrected chi connectivity index (χ4v) is 6.34. The summed E-state index contributed by atoms with van der Waals surface area (Å²) in [7, 11) is 0. The van der Waals surface area contributed by atoms with Crippen LogP contribution in [-0.2, 0) is 11.2 Å². The number of halogens is 2. The van der Waals surface area contributed by atoms with Gasteiger partial charge in [0, 0.05) is 24.9 Å². The van der Waals surface area contributed by atoms with Gasteiger partial charge in [-0.15, -0.1) is 0 Å². The van der Waals surface area contributed by atoms with E-state index in [4.69, 9.17) is 9.47 Å². The van der Waals surface area contributed by atoms with Crippen LogP contribution in [-0.4, -0.2) is 36.4 Å². The molecular formula is C33H30F2N2O3. The van der Waals surface area contributed by atoms with Crippen molar-refractivity contribution in [3.8, 4) is 5.75 Å². The van der Waals surface area contributed by atoms with E-state index in [0.29, 0.717) is 18.5 Å². The van der Waals surface area contributed by atoms with Crippen LogP contribution in [0.2, 0.25) is 0 Å². The van der Waals surface area contributed by atoms with Gasteiger partial charge in [0.05, 0.1) is 11.6 Å². The Kier molecular flexibility index (Phi) is 7.22. The van der Waals surface area contributed by atoms with Crippen LogP contribution in [0.3, 0.4) is 0 Å². The van der Waals surface area contributed by atoms with Crippen LogP contribution >= 0.6 is 0 Å². The average Bonchev–Trinajstić information content (AvgIpc) is 3.53. The van der Waals surface area contributed by atoms with Crippen LogP contribution in [0.4, 0.5) is 13.6 Å². The Bertz CT molecular complexity index is 1400. The molecule has 4 aromatic carbocycles. The van der Waals surface area contributed by atoms with Crippen molar-refractivity contribution in [3.63, 3.8) is 0 Å². The summed E-state index contributed by atoms with van der Waals surface area (Å²) in [5.74, 6) is -0.778. The topological polar surface area (TPSA) is 59.6 Å². The lowest BCUT2D eigenvalue weighted by Crippen LogP contribution is -2.60. The van der Waals surface area contributed by atoms with Gasteiger partial charge < -0.3 is 20.1 Å². The summed E-state index contributed by atoms with van der Waals surface area (Å²) >= 11 is 0. The molecule has 1 amide bonds. The van der Waals surface area contributed by atoms with E-state index in [-0.39, 0.29) is 18.4 Å². The second-order valence-electron chi connectivity index (χ2n) is 10.5. The number of nitrogens with one attached hydrogen (secondary N) is 2. The molecule has 0 aromatic heterocycles. The number of benzene rings is 4. The van der Waals surface area contributed by atoms with E-state index >= 15 is 0 Å². The van der Waals surface area contributed by atoms with Gasteiger partial charge in [-0.3, -0.25) is 0 Å². The maximum Gasteiger partial charge on any atom is 0.407 e. The van der Waals surface area contributed by atoms with Gasteiger partial charge in [-0.1, -0.05) is 78.9 Å². The van der Waals surface area contributed by atoms with Crippen molar-refractivity contribution >= 4 is 6.09 Å². The summed E-state index contributed by atoms with van der Waals surface area (Å²) in [6.07, 6.45) is -0.690. The van der Waals surface area contributed by atoms with E-state index in [2.05, 4.69) is 34.9 Å². The van der Waals surface area contributed by atoms with Gasteiger partial charge in [-0.25, -0.2) is 13.6 Å². The molecule has 7 heteroatoms. The molecule has 6 rings (SSSR count). The van der Waals surface area contributed by atoms with Crippen LogP contribution in [0, 0.1) is 11.6 Å². The number of carbonyl (C=O) groups excluding carboxylic acids is 1. The highest BCUT2D eigenvalue weighted by atomic mass is 19.1. The fourth-order valence-electron chi connectivity index (χ4n) is 6.34. The molecule has 2 N–H and O–H groups in total. The quantitative estimate of drug-likeness (QED) is 0.288. The predicted molar refractivity (Wildman–Crippen MR) is 148 cm³/mol. The third kappa shape index (κ3) is 5.29. The zero-order chi connectivity index (χ0) is 27.5. The first-order chi connectivity index (χ1) is 19.5. The van der Waals surface area contributed by atoms with Crippen molar-refractivity contribution in [2.75, 3.05) is 6.54 Å². The molecule has 0 aliphatic carbocycles. The summed E-state index contributed by atoms with van der Waals surface area (Å²) in [5.41, 5.74) is 1.76. The van der Waals surface area contributed by atoms with Crippen molar-refractivity contribution < 1.29 is 23.0 Å². The molecule has 2 aliphatic heterocycles. The number of amides is 1. The highest BCUT2D eigenvalue weighted by molar-refractivity contribution is 5.71. The Morgan fingerprint density at radius 2 is 1.43 bits per heavy atom. The molecule has 40 heavy (non-hydrogen) atoms. The molecule has 0 unspecified atom stereocenters. The standard InChI is InChI=1S/C33H30F2N2O3/c34-25-16-22(17-26(35)19-25)18-29-31(40-32(38)37-29)33(20-28(21-36-33)39-27-14-8-3-9-15-27)30(23-10-4-1-5-11-23)24-12-6-2-7-13-24/h1-17,19,28-31,36H,18,20-21H2,(H,37,38)/t28-,29-,31-,33+/m0/s1. The van der Waals surface area contributed by atoms with Gasteiger partial charge in [0.15, 0.2) is 0 Å². The minimum Gasteiger partial charge on any atom is -0.489 e. The molecule has 204 valence electrons. The summed E-state index contributed by atoms with van der Waals surface area (Å²) < 4.78 is 40.6. The van der Waals surface area contributed by atoms with E-state index in [0.717, 1.165) is 22.9 Å². The lowest BCUT2D eigenvalue weighted by atomic mass is 9.68. The Morgan fingerprint density at radius 1 is 0.850 bits per heavy atom. The number of cyclic esters (lactones) is 1. The maximum atomic E-state index is 14.1. The molecule has 0 saturated carbocycles. The first-order valence-corrected chi connectivity index (χ1v) is 13.5. The summed E-state index contributed by atoms with van der Waals surface area (Å²) in [4.78, 5) is 12.8. The Hall–Kier alpha value is -4.23. The molecule has 4 atom stereocenters. The minimum absolute atomic E-state index is 0.203. The van der Waals surface area contributed by atoms with Gasteiger partial charge in [0.1, 0.15) is 29.6 Å². The lowest BCUT2D eigenvalue weighted by molar-refractivity contribution is 0.0479. The largest absolute Gasteiger partial charge is 0.489 e. The van der Waals surface area contributed by atoms with Crippen molar-refractivity contribution in [2.24, 2.45) is 0 Å². The second-order valence-corrected chi connectivity index (χ2v) is 10.5. The number of ether oxygens (including phenoxy) is 2. The van der Waals surface area contributed by atoms with Crippen molar-refractivity contribution in [1.82, 2.24) is 10.6 Å². The Morgan fingerprint density at radius 3 is 2.02 bits per heavy atom. The van der Waals surface area contributed by atoms with Crippen LogP contribution in [0.15, 0.2) is 109 Å². The minimum atomic E-state index is -0.794. The van der Waals surface area contributed by atoms with E-state index in [1.54, 1.807) is 0 Å². The number of hydrogen-bond acceptors (Lipinski definition) is 4. The Balaban J connectivity index is 1.44. The zero-order valence-corrected chi connectivity index (χ0v) is 21.8. The van der Waals surface area contributed by atoms with Crippen molar-refractivity contribution in [3.05, 3.63) is 138 Å². The van der Waals surface area contributed by atoms with Gasteiger partial charge >= 0.3 is 6.09 Å². The number of alkyl carbamates (subject to hydrolysis) is 1. The summed E-state index contributed by atoms with van der Waals surface area (Å²) in [5, 5.41) is 6.68. The normalized spacial score (nSPS) is 24.1. The number of carbonyl (C=O) groups is 1. The number of rotatable bonds is 8. The molecule has 5 nitrogen and oxygen atoms in total. The fraction of sp³-hybridized carbons (Fsp3) is 0.242. The molecule has 2 aliphatic rings. The first-order valence-electron chi connectivity index (χ1n) is 13.5. The summed E-state index contributed by atoms with van der Waals surface area (Å²) in [6.45, 7) is 0.528. The van der Waals surface area contributed by atoms with Crippen LogP contribution in [0.1, 0.15) is 29.0 Å². The maximum absolute atomic E-state index is 14.1. The number of hydrogen-bond donors (Lipinski definition) is 2. The molecule has 2 fully saturated rings. The molecule has 0 spiro atoms. The molecule has 4 aromatic rings. The van der Waals surface area contributed by atoms with E-state index in [9.17, 15) is 13.6 Å². The number of para-hydroxylation sites is 1. The van der Waals surface area contributed by atoms with Crippen LogP contribution < -0.4 is 15.4 Å². The highest BCUT2D eigenvalue weighted by Crippen LogP contribution is 2.46. The monoisotopic (exact) mass is 540 g/mol. The van der Waals surface area contributed by atoms with Gasteiger partial charge in [-0.05, 0) is 47.4 Å². The average molecular weight is 541 g/mol. The SMILES string of the molecule is O=C1N[C@@H](Cc2cc(F)cc(F)c2)[C@@H]([C@]2(C(c3ccccc3)c3ccccc3)C[C@H](Oc3ccccc3)CN2)O1. The second kappa shape index (κ2) is 11.1. The van der Waals surface area contributed by atoms with E-state index < -0.39 is 35.4 Å². The first kappa shape index (κ1) is 26.0. The summed E-state index contributed by atoms with van der Waals surface area (Å²) in [6, 6.07) is 32.8. The lowest BCUT2D eigenvalue weighted by Gasteiger charge is -2.43. The van der Waals surface area contributed by atoms with Gasteiger partial charge in [0.2, 0.25) is 0 Å². The van der Waals surface area contributed by atoms with Crippen LogP contribution in [0.25, 0.3) is 0 Å². The van der Waals surface area contributed by atoms with E-state index in [1.165, 1.54) is 12.1 Å². The van der Waals surface area contributed by atoms with Crippen molar-refractivity contribution in [1.29, 1.82) is 0 Å². The van der Waals surface area contributed by atoms with E-state index in [1.807, 2.05) is 66.7 Å². The van der Waals surface area contributed by atoms with Gasteiger partial charge in [0.25, 0.3) is 0 Å². The molecule has 2 saturated heterocycles. The molecular weight excluding hydrogens is 510 g/mol. The molecule has 0 bridgehead atoms. The third-order valence-electron chi connectivity index (χ3n) is 7.84. The van der Waals surface area contributed by atoms with Crippen LogP contribution in [0.5, 0.6) is 5.75 Å². The molecule has 0 radical (unpaired) electrons. The van der Waals surface area contributed by atoms with Gasteiger partial charge in [-0.2, -0.15) is 0 Å². The third-order valence-corrected chi connectivity index (χ3v) is 7.84. The molecule has 2 heterocycles. The smallest absolute Gasteiger partial charge is 0.407 e. The highest BCUT2D eigenvalue weighted by Gasteiger charge is 2.58.